The van der Waals surface area contributed by atoms with Gasteiger partial charge in [-0.25, -0.2) is 0 Å². The molecular weight excluding hydrogens is 326 g/mol. The van der Waals surface area contributed by atoms with Gasteiger partial charge in [0.05, 0.1) is 0 Å². The number of hydrogen-bond donors (Lipinski definition) is 1. The Balaban J connectivity index is 1.62. The van der Waals surface area contributed by atoms with E-state index < -0.39 is 0 Å². The van der Waals surface area contributed by atoms with Gasteiger partial charge in [0.2, 0.25) is 0 Å². The molecule has 2 heterocycles. The first-order chi connectivity index (χ1) is 11.5. The highest BCUT2D eigenvalue weighted by atomic mass is 35.5. The first-order valence-electron chi connectivity index (χ1n) is 8.64. The van der Waals surface area contributed by atoms with Gasteiger partial charge in [-0.05, 0) is 49.9 Å². The fourth-order valence-corrected chi connectivity index (χ4v) is 3.87. The van der Waals surface area contributed by atoms with Gasteiger partial charge in [0.15, 0.2) is 0 Å². The third-order valence-electron chi connectivity index (χ3n) is 5.11. The molecule has 2 N–H and O–H groups in total. The number of anilines is 1. The second-order valence-corrected chi connectivity index (χ2v) is 7.33. The van der Waals surface area contributed by atoms with E-state index in [0.29, 0.717) is 11.6 Å². The number of benzene rings is 1. The number of amides is 1. The van der Waals surface area contributed by atoms with Crippen molar-refractivity contribution in [2.75, 3.05) is 32.0 Å². The van der Waals surface area contributed by atoms with Gasteiger partial charge in [-0.3, -0.25) is 9.69 Å². The second kappa shape index (κ2) is 7.30. The van der Waals surface area contributed by atoms with Crippen LogP contribution in [0.25, 0.3) is 0 Å². The summed E-state index contributed by atoms with van der Waals surface area (Å²) in [5.74, 6) is 0.155. The van der Waals surface area contributed by atoms with E-state index in [1.54, 1.807) is 6.07 Å². The van der Waals surface area contributed by atoms with E-state index in [0.717, 1.165) is 55.8 Å². The molecule has 0 aliphatic carbocycles. The summed E-state index contributed by atoms with van der Waals surface area (Å²) in [4.78, 5) is 16.9. The fourth-order valence-electron chi connectivity index (χ4n) is 3.63. The van der Waals surface area contributed by atoms with Crippen molar-refractivity contribution in [1.82, 2.24) is 9.80 Å². The summed E-state index contributed by atoms with van der Waals surface area (Å²) < 4.78 is 5.55. The quantitative estimate of drug-likeness (QED) is 0.850. The van der Waals surface area contributed by atoms with Crippen molar-refractivity contribution >= 4 is 23.2 Å². The van der Waals surface area contributed by atoms with Crippen LogP contribution in [0.2, 0.25) is 5.02 Å². The SMILES string of the molecule is Cc1c(N)cc(Cl)cc1CN1CCN(C(=O)[C@@H]2CCCO2)[C@@H](C)C1. The van der Waals surface area contributed by atoms with Gasteiger partial charge in [0, 0.05) is 49.5 Å². The summed E-state index contributed by atoms with van der Waals surface area (Å²) >= 11 is 6.14. The lowest BCUT2D eigenvalue weighted by atomic mass is 10.0. The summed E-state index contributed by atoms with van der Waals surface area (Å²) in [7, 11) is 0. The predicted molar refractivity (Wildman–Crippen MR) is 96.0 cm³/mol. The summed E-state index contributed by atoms with van der Waals surface area (Å²) in [6.45, 7) is 8.11. The number of nitrogen functional groups attached to an aromatic ring is 1. The normalized spacial score (nSPS) is 25.2. The van der Waals surface area contributed by atoms with Crippen LogP contribution in [0, 0.1) is 6.92 Å². The molecule has 0 spiro atoms. The van der Waals surface area contributed by atoms with Crippen molar-refractivity contribution in [2.45, 2.75) is 45.4 Å². The minimum atomic E-state index is -0.228. The molecule has 0 unspecified atom stereocenters. The van der Waals surface area contributed by atoms with Gasteiger partial charge < -0.3 is 15.4 Å². The second-order valence-electron chi connectivity index (χ2n) is 6.90. The molecule has 0 bridgehead atoms. The molecule has 2 fully saturated rings. The Labute approximate surface area is 148 Å². The zero-order chi connectivity index (χ0) is 17.3. The smallest absolute Gasteiger partial charge is 0.252 e. The van der Waals surface area contributed by atoms with Gasteiger partial charge in [-0.1, -0.05) is 11.6 Å². The number of halogens is 1. The highest BCUT2D eigenvalue weighted by molar-refractivity contribution is 6.31. The molecular formula is C18H26ClN3O2. The maximum absolute atomic E-state index is 12.6. The third-order valence-corrected chi connectivity index (χ3v) is 5.33. The van der Waals surface area contributed by atoms with Crippen LogP contribution in [0.1, 0.15) is 30.9 Å². The predicted octanol–water partition coefficient (Wildman–Crippen LogP) is 2.44. The maximum Gasteiger partial charge on any atom is 0.252 e. The van der Waals surface area contributed by atoms with E-state index in [-0.39, 0.29) is 18.1 Å². The number of rotatable bonds is 3. The Morgan fingerprint density at radius 3 is 2.88 bits per heavy atom. The molecule has 0 saturated carbocycles. The Morgan fingerprint density at radius 1 is 1.42 bits per heavy atom. The Morgan fingerprint density at radius 2 is 2.21 bits per heavy atom. The third kappa shape index (κ3) is 3.68. The molecule has 5 nitrogen and oxygen atoms in total. The molecule has 1 amide bonds. The van der Waals surface area contributed by atoms with Crippen LogP contribution in [-0.4, -0.2) is 54.1 Å². The largest absolute Gasteiger partial charge is 0.398 e. The van der Waals surface area contributed by atoms with Crippen molar-refractivity contribution in [2.24, 2.45) is 0 Å². The van der Waals surface area contributed by atoms with Gasteiger partial charge in [0.25, 0.3) is 5.91 Å². The average molecular weight is 352 g/mol. The topological polar surface area (TPSA) is 58.8 Å². The van der Waals surface area contributed by atoms with Crippen LogP contribution in [0.5, 0.6) is 0 Å². The number of piperazine rings is 1. The molecule has 2 aliphatic rings. The lowest BCUT2D eigenvalue weighted by Crippen LogP contribution is -2.55. The van der Waals surface area contributed by atoms with E-state index in [9.17, 15) is 4.79 Å². The first-order valence-corrected chi connectivity index (χ1v) is 9.02. The number of nitrogens with two attached hydrogens (primary N) is 1. The maximum atomic E-state index is 12.6. The van der Waals surface area contributed by atoms with Gasteiger partial charge >= 0.3 is 0 Å². The highest BCUT2D eigenvalue weighted by Crippen LogP contribution is 2.25. The zero-order valence-corrected chi connectivity index (χ0v) is 15.2. The summed E-state index contributed by atoms with van der Waals surface area (Å²) in [6.07, 6.45) is 1.61. The van der Waals surface area contributed by atoms with Gasteiger partial charge in [0.1, 0.15) is 6.10 Å². The highest BCUT2D eigenvalue weighted by Gasteiger charge is 2.33. The molecule has 24 heavy (non-hydrogen) atoms. The van der Waals surface area contributed by atoms with Crippen molar-refractivity contribution < 1.29 is 9.53 Å². The molecule has 0 aromatic heterocycles. The van der Waals surface area contributed by atoms with Gasteiger partial charge in [-0.2, -0.15) is 0 Å². The van der Waals surface area contributed by atoms with Crippen LogP contribution in [0.3, 0.4) is 0 Å². The standard InChI is InChI=1S/C18H26ClN3O2/c1-12-10-21(11-14-8-15(19)9-16(20)13(14)2)5-6-22(12)18(23)17-4-3-7-24-17/h8-9,12,17H,3-7,10-11,20H2,1-2H3/t12-,17-/m0/s1. The van der Waals surface area contributed by atoms with Gasteiger partial charge in [-0.15, -0.1) is 0 Å². The zero-order valence-electron chi connectivity index (χ0n) is 14.4. The van der Waals surface area contributed by atoms with E-state index >= 15 is 0 Å². The number of carbonyl (C=O) groups is 1. The Bertz CT molecular complexity index is 617. The molecule has 0 radical (unpaired) electrons. The first kappa shape index (κ1) is 17.5. The molecule has 3 rings (SSSR count). The van der Waals surface area contributed by atoms with E-state index in [2.05, 4.69) is 11.8 Å². The molecule has 2 aliphatic heterocycles. The van der Waals surface area contributed by atoms with Crippen LogP contribution in [0.15, 0.2) is 12.1 Å². The molecule has 1 aromatic rings. The number of ether oxygens (including phenoxy) is 1. The minimum absolute atomic E-state index is 0.155. The monoisotopic (exact) mass is 351 g/mol. The Kier molecular flexibility index (Phi) is 5.33. The molecule has 1 aromatic carbocycles. The van der Waals surface area contributed by atoms with Crippen LogP contribution in [-0.2, 0) is 16.1 Å². The van der Waals surface area contributed by atoms with E-state index in [4.69, 9.17) is 22.1 Å². The fraction of sp³-hybridized carbons (Fsp3) is 0.611. The number of carbonyl (C=O) groups excluding carboxylic acids is 1. The van der Waals surface area contributed by atoms with Crippen molar-refractivity contribution in [1.29, 1.82) is 0 Å². The minimum Gasteiger partial charge on any atom is -0.398 e. The van der Waals surface area contributed by atoms with Crippen molar-refractivity contribution in [3.8, 4) is 0 Å². The lowest BCUT2D eigenvalue weighted by molar-refractivity contribution is -0.145. The average Bonchev–Trinajstić information content (AvgIpc) is 3.06. The molecule has 2 saturated heterocycles. The van der Waals surface area contributed by atoms with E-state index in [1.165, 1.54) is 0 Å². The van der Waals surface area contributed by atoms with Crippen LogP contribution < -0.4 is 5.73 Å². The summed E-state index contributed by atoms with van der Waals surface area (Å²) in [5.41, 5.74) is 9.00. The van der Waals surface area contributed by atoms with Crippen LogP contribution in [0.4, 0.5) is 5.69 Å². The number of hydrogen-bond acceptors (Lipinski definition) is 4. The molecule has 2 atom stereocenters. The lowest BCUT2D eigenvalue weighted by Gasteiger charge is -2.41. The van der Waals surface area contributed by atoms with Crippen LogP contribution >= 0.6 is 11.6 Å². The molecule has 6 heteroatoms. The summed E-state index contributed by atoms with van der Waals surface area (Å²) in [6, 6.07) is 3.97. The summed E-state index contributed by atoms with van der Waals surface area (Å²) in [5, 5.41) is 0.674. The van der Waals surface area contributed by atoms with Crippen molar-refractivity contribution in [3.05, 3.63) is 28.3 Å². The Hall–Kier alpha value is -1.30. The molecule has 132 valence electrons. The van der Waals surface area contributed by atoms with Crippen molar-refractivity contribution in [3.63, 3.8) is 0 Å². The number of nitrogens with zero attached hydrogens (tertiary/aromatic N) is 2. The van der Waals surface area contributed by atoms with E-state index in [1.807, 2.05) is 17.9 Å².